The highest BCUT2D eigenvalue weighted by atomic mass is 79.9. The lowest BCUT2D eigenvalue weighted by atomic mass is 10.0. The van der Waals surface area contributed by atoms with Gasteiger partial charge in [0.2, 0.25) is 0 Å². The molecule has 0 N–H and O–H groups in total. The molecule has 1 atom stereocenters. The quantitative estimate of drug-likeness (QED) is 0.408. The molecule has 186 valence electrons. The molecule has 11 heteroatoms. The van der Waals surface area contributed by atoms with E-state index >= 15 is 0 Å². The third-order valence-corrected chi connectivity index (χ3v) is 8.06. The van der Waals surface area contributed by atoms with Gasteiger partial charge >= 0.3 is 15.5 Å². The van der Waals surface area contributed by atoms with Crippen LogP contribution in [0.2, 0.25) is 0 Å². The van der Waals surface area contributed by atoms with Crippen LogP contribution in [0.15, 0.2) is 65.4 Å². The summed E-state index contributed by atoms with van der Waals surface area (Å²) in [5.41, 5.74) is -2.42. The van der Waals surface area contributed by atoms with Crippen LogP contribution in [0.5, 0.6) is 0 Å². The van der Waals surface area contributed by atoms with E-state index in [0.29, 0.717) is 38.7 Å². The van der Waals surface area contributed by atoms with Crippen molar-refractivity contribution < 1.29 is 21.6 Å². The second kappa shape index (κ2) is 10.2. The summed E-state index contributed by atoms with van der Waals surface area (Å²) in [6.07, 6.45) is 4.23. The molecule has 3 aromatic rings. The number of benzene rings is 2. The molecule has 0 amide bonds. The van der Waals surface area contributed by atoms with Gasteiger partial charge in [-0.2, -0.15) is 17.5 Å². The lowest BCUT2D eigenvalue weighted by Gasteiger charge is -2.34. The topological polar surface area (TPSA) is 66.4 Å². The summed E-state index contributed by atoms with van der Waals surface area (Å²) in [6, 6.07) is 14.5. The number of aromatic nitrogens is 2. The van der Waals surface area contributed by atoms with Crippen molar-refractivity contribution in [1.29, 1.82) is 0 Å². The number of hydrogen-bond donors (Lipinski definition) is 0. The highest BCUT2D eigenvalue weighted by Gasteiger charge is 2.51. The van der Waals surface area contributed by atoms with Gasteiger partial charge in [-0.15, -0.1) is 0 Å². The molecule has 4 rings (SSSR count). The zero-order chi connectivity index (χ0) is 25.2. The molecular weight excluding hydrogens is 545 g/mol. The van der Waals surface area contributed by atoms with Gasteiger partial charge in [0.25, 0.3) is 0 Å². The van der Waals surface area contributed by atoms with Crippen LogP contribution in [0.3, 0.4) is 0 Å². The molecule has 2 heterocycles. The minimum atomic E-state index is -5.53. The Morgan fingerprint density at radius 1 is 1.06 bits per heavy atom. The molecule has 0 radical (unpaired) electrons. The van der Waals surface area contributed by atoms with Crippen LogP contribution < -0.4 is 4.90 Å². The Hall–Kier alpha value is -2.50. The molecule has 0 spiro atoms. The number of fused-ring (bicyclic) bond motifs is 1. The van der Waals surface area contributed by atoms with Crippen molar-refractivity contribution in [2.75, 3.05) is 11.4 Å². The number of nitrogens with zero attached hydrogens (tertiary/aromatic N) is 4. The largest absolute Gasteiger partial charge is 0.511 e. The van der Waals surface area contributed by atoms with Gasteiger partial charge in [-0.05, 0) is 58.5 Å². The highest BCUT2D eigenvalue weighted by molar-refractivity contribution is 9.10. The van der Waals surface area contributed by atoms with Crippen molar-refractivity contribution >= 4 is 31.6 Å². The molecule has 6 nitrogen and oxygen atoms in total. The SMILES string of the molecule is Cc1cccc2c1CN(S(=O)(=O)C(F)(F)F)CC(CCc1ccccc1)N2Cc1ncc(Br)cn1. The van der Waals surface area contributed by atoms with Gasteiger partial charge in [0.15, 0.2) is 0 Å². The zero-order valence-electron chi connectivity index (χ0n) is 18.9. The lowest BCUT2D eigenvalue weighted by Crippen LogP contribution is -2.47. The van der Waals surface area contributed by atoms with E-state index in [1.165, 1.54) is 0 Å². The fourth-order valence-electron chi connectivity index (χ4n) is 4.27. The van der Waals surface area contributed by atoms with E-state index in [1.54, 1.807) is 25.4 Å². The zero-order valence-corrected chi connectivity index (χ0v) is 21.3. The molecule has 1 unspecified atom stereocenters. The van der Waals surface area contributed by atoms with Gasteiger partial charge < -0.3 is 4.90 Å². The Morgan fingerprint density at radius 3 is 2.40 bits per heavy atom. The second-order valence-corrected chi connectivity index (χ2v) is 11.3. The van der Waals surface area contributed by atoms with Gasteiger partial charge in [0, 0.05) is 37.2 Å². The third-order valence-electron chi connectivity index (χ3n) is 6.11. The number of rotatable bonds is 6. The van der Waals surface area contributed by atoms with E-state index in [1.807, 2.05) is 47.4 Å². The number of sulfonamides is 1. The number of hydrogen-bond acceptors (Lipinski definition) is 5. The van der Waals surface area contributed by atoms with Gasteiger partial charge in [0.05, 0.1) is 11.0 Å². The second-order valence-electron chi connectivity index (χ2n) is 8.44. The highest BCUT2D eigenvalue weighted by Crippen LogP contribution is 2.37. The molecule has 0 bridgehead atoms. The molecule has 1 aliphatic rings. The fraction of sp³-hybridized carbons (Fsp3) is 0.333. The summed E-state index contributed by atoms with van der Waals surface area (Å²) in [6.45, 7) is 1.33. The van der Waals surface area contributed by atoms with Crippen molar-refractivity contribution in [1.82, 2.24) is 14.3 Å². The standard InChI is InChI=1S/C24H24BrF3N4O2S/c1-17-6-5-9-22-21(17)15-31(35(33,34)24(26,27)28)14-20(11-10-18-7-3-2-4-8-18)32(22)16-23-29-12-19(25)13-30-23/h2-9,12-13,20H,10-11,14-16H2,1H3. The number of alkyl halides is 3. The normalized spacial score (nSPS) is 17.2. The molecule has 0 aliphatic carbocycles. The third kappa shape index (κ3) is 5.68. The molecule has 2 aromatic carbocycles. The van der Waals surface area contributed by atoms with Gasteiger partial charge in [-0.3, -0.25) is 0 Å². The summed E-state index contributed by atoms with van der Waals surface area (Å²) in [5.74, 6) is 0.484. The van der Waals surface area contributed by atoms with Gasteiger partial charge in [-0.25, -0.2) is 18.4 Å². The lowest BCUT2D eigenvalue weighted by molar-refractivity contribution is -0.0492. The first kappa shape index (κ1) is 25.6. The molecule has 1 aromatic heterocycles. The molecule has 35 heavy (non-hydrogen) atoms. The molecule has 1 aliphatic heterocycles. The number of halogens is 4. The van der Waals surface area contributed by atoms with Crippen LogP contribution in [-0.2, 0) is 29.5 Å². The van der Waals surface area contributed by atoms with E-state index in [-0.39, 0.29) is 19.6 Å². The summed E-state index contributed by atoms with van der Waals surface area (Å²) in [7, 11) is -5.53. The Labute approximate surface area is 211 Å². The minimum Gasteiger partial charge on any atom is -0.359 e. The van der Waals surface area contributed by atoms with Crippen LogP contribution in [0.25, 0.3) is 0 Å². The van der Waals surface area contributed by atoms with Crippen LogP contribution >= 0.6 is 15.9 Å². The van der Waals surface area contributed by atoms with E-state index in [2.05, 4.69) is 25.9 Å². The smallest absolute Gasteiger partial charge is 0.359 e. The van der Waals surface area contributed by atoms with Crippen molar-refractivity contribution in [3.05, 3.63) is 87.9 Å². The average molecular weight is 569 g/mol. The maximum Gasteiger partial charge on any atom is 0.511 e. The summed E-state index contributed by atoms with van der Waals surface area (Å²) >= 11 is 3.31. The molecule has 0 saturated heterocycles. The first-order valence-corrected chi connectivity index (χ1v) is 13.2. The number of anilines is 1. The van der Waals surface area contributed by atoms with Crippen LogP contribution in [0.1, 0.15) is 28.9 Å². The Kier molecular flexibility index (Phi) is 7.48. The van der Waals surface area contributed by atoms with Crippen LogP contribution in [-0.4, -0.2) is 40.8 Å². The Bertz CT molecular complexity index is 1270. The van der Waals surface area contributed by atoms with Crippen LogP contribution in [0.4, 0.5) is 18.9 Å². The van der Waals surface area contributed by atoms with E-state index in [9.17, 15) is 21.6 Å². The molecule has 0 saturated carbocycles. The summed E-state index contributed by atoms with van der Waals surface area (Å²) in [4.78, 5) is 10.6. The van der Waals surface area contributed by atoms with Crippen LogP contribution in [0, 0.1) is 6.92 Å². The minimum absolute atomic E-state index is 0.225. The van der Waals surface area contributed by atoms with E-state index in [4.69, 9.17) is 0 Å². The van der Waals surface area contributed by atoms with Crippen molar-refractivity contribution in [3.8, 4) is 0 Å². The molecule has 0 fully saturated rings. The maximum atomic E-state index is 13.6. The van der Waals surface area contributed by atoms with E-state index in [0.717, 1.165) is 11.1 Å². The van der Waals surface area contributed by atoms with Crippen molar-refractivity contribution in [3.63, 3.8) is 0 Å². The van der Waals surface area contributed by atoms with Crippen molar-refractivity contribution in [2.24, 2.45) is 0 Å². The summed E-state index contributed by atoms with van der Waals surface area (Å²) < 4.78 is 67.2. The van der Waals surface area contributed by atoms with Gasteiger partial charge in [0.1, 0.15) is 5.82 Å². The predicted octanol–water partition coefficient (Wildman–Crippen LogP) is 5.22. The first-order chi connectivity index (χ1) is 16.6. The van der Waals surface area contributed by atoms with E-state index < -0.39 is 21.6 Å². The maximum absolute atomic E-state index is 13.6. The Morgan fingerprint density at radius 2 is 1.74 bits per heavy atom. The Balaban J connectivity index is 1.78. The summed E-state index contributed by atoms with van der Waals surface area (Å²) in [5, 5.41) is 0. The monoisotopic (exact) mass is 568 g/mol. The van der Waals surface area contributed by atoms with Crippen molar-refractivity contribution in [2.45, 2.75) is 44.4 Å². The predicted molar refractivity (Wildman–Crippen MR) is 131 cm³/mol. The molecular formula is C24H24BrF3N4O2S. The average Bonchev–Trinajstić information content (AvgIpc) is 2.97. The number of aryl methyl sites for hydroxylation is 2. The first-order valence-electron chi connectivity index (χ1n) is 11.0. The fourth-order valence-corrected chi connectivity index (χ4v) is 5.44. The van der Waals surface area contributed by atoms with Gasteiger partial charge in [-0.1, -0.05) is 42.5 Å².